The quantitative estimate of drug-likeness (QED) is 0.849. The molecule has 1 aromatic heterocycles. The van der Waals surface area contributed by atoms with Gasteiger partial charge in [-0.15, -0.1) is 0 Å². The minimum atomic E-state index is -0.174. The maximum atomic E-state index is 12.4. The highest BCUT2D eigenvalue weighted by molar-refractivity contribution is 5.92. The minimum Gasteiger partial charge on any atom is -0.348 e. The van der Waals surface area contributed by atoms with E-state index in [1.807, 2.05) is 39.0 Å². The second-order valence-electron chi connectivity index (χ2n) is 7.42. The van der Waals surface area contributed by atoms with Crippen LogP contribution in [-0.4, -0.2) is 21.9 Å². The third-order valence-electron chi connectivity index (χ3n) is 4.06. The highest BCUT2D eigenvalue weighted by Gasteiger charge is 2.19. The lowest BCUT2D eigenvalue weighted by Crippen LogP contribution is -2.32. The molecule has 5 nitrogen and oxygen atoms in total. The van der Waals surface area contributed by atoms with Gasteiger partial charge in [0.05, 0.1) is 0 Å². The van der Waals surface area contributed by atoms with Gasteiger partial charge in [-0.3, -0.25) is 4.79 Å². The molecule has 1 heterocycles. The van der Waals surface area contributed by atoms with Crippen molar-refractivity contribution in [2.75, 3.05) is 5.32 Å². The summed E-state index contributed by atoms with van der Waals surface area (Å²) in [6, 6.07) is 9.91. The fourth-order valence-corrected chi connectivity index (χ4v) is 2.51. The Bertz CT molecular complexity index is 750. The first-order valence-corrected chi connectivity index (χ1v) is 8.73. The highest BCUT2D eigenvalue weighted by Crippen LogP contribution is 2.30. The van der Waals surface area contributed by atoms with Gasteiger partial charge < -0.3 is 10.6 Å². The van der Waals surface area contributed by atoms with Crippen molar-refractivity contribution in [3.8, 4) is 0 Å². The van der Waals surface area contributed by atoms with Crippen LogP contribution in [0.4, 0.5) is 11.6 Å². The Morgan fingerprint density at radius 3 is 2.52 bits per heavy atom. The van der Waals surface area contributed by atoms with E-state index in [2.05, 4.69) is 47.4 Å². The van der Waals surface area contributed by atoms with Crippen molar-refractivity contribution in [1.82, 2.24) is 15.3 Å². The van der Waals surface area contributed by atoms with Crippen molar-refractivity contribution in [2.24, 2.45) is 0 Å². The molecule has 1 aromatic carbocycles. The van der Waals surface area contributed by atoms with E-state index in [9.17, 15) is 4.79 Å². The first kappa shape index (κ1) is 18.9. The van der Waals surface area contributed by atoms with E-state index in [1.54, 1.807) is 6.07 Å². The summed E-state index contributed by atoms with van der Waals surface area (Å²) in [5.74, 6) is 0.262. The number of hydrogen-bond donors (Lipinski definition) is 2. The summed E-state index contributed by atoms with van der Waals surface area (Å²) in [6.07, 6.45) is 0.875. The van der Waals surface area contributed by atoms with Crippen LogP contribution in [0.1, 0.15) is 62.8 Å². The van der Waals surface area contributed by atoms with Gasteiger partial charge in [0.1, 0.15) is 5.69 Å². The number of aryl methyl sites for hydroxylation is 1. The average molecular weight is 340 g/mol. The van der Waals surface area contributed by atoms with Gasteiger partial charge in [-0.25, -0.2) is 9.97 Å². The third-order valence-corrected chi connectivity index (χ3v) is 4.06. The largest absolute Gasteiger partial charge is 0.348 e. The van der Waals surface area contributed by atoms with E-state index >= 15 is 0 Å². The van der Waals surface area contributed by atoms with Gasteiger partial charge in [-0.05, 0) is 43.4 Å². The van der Waals surface area contributed by atoms with E-state index in [0.29, 0.717) is 11.6 Å². The lowest BCUT2D eigenvalue weighted by atomic mass is 9.86. The van der Waals surface area contributed by atoms with Crippen LogP contribution in [0.25, 0.3) is 0 Å². The SMILES string of the molecule is CCC(C)NC(=O)c1cc(C)nc(Nc2ccccc2C(C)(C)C)n1. The van der Waals surface area contributed by atoms with Gasteiger partial charge in [0.2, 0.25) is 5.95 Å². The Kier molecular flexibility index (Phi) is 5.77. The molecule has 1 amide bonds. The monoisotopic (exact) mass is 340 g/mol. The summed E-state index contributed by atoms with van der Waals surface area (Å²) in [6.45, 7) is 12.4. The van der Waals surface area contributed by atoms with Crippen molar-refractivity contribution >= 4 is 17.5 Å². The van der Waals surface area contributed by atoms with E-state index in [4.69, 9.17) is 0 Å². The second-order valence-corrected chi connectivity index (χ2v) is 7.42. The number of nitrogens with one attached hydrogen (secondary N) is 2. The molecule has 2 aromatic rings. The number of amides is 1. The molecule has 0 radical (unpaired) electrons. The molecule has 0 fully saturated rings. The molecule has 5 heteroatoms. The number of hydrogen-bond acceptors (Lipinski definition) is 4. The Hall–Kier alpha value is -2.43. The summed E-state index contributed by atoms with van der Waals surface area (Å²) in [5.41, 5.74) is 3.24. The maximum Gasteiger partial charge on any atom is 0.270 e. The lowest BCUT2D eigenvalue weighted by Gasteiger charge is -2.23. The first-order valence-electron chi connectivity index (χ1n) is 8.73. The number of carbonyl (C=O) groups is 1. The van der Waals surface area contributed by atoms with E-state index in [-0.39, 0.29) is 17.4 Å². The van der Waals surface area contributed by atoms with Gasteiger partial charge in [0.25, 0.3) is 5.91 Å². The molecule has 1 unspecified atom stereocenters. The zero-order chi connectivity index (χ0) is 18.6. The predicted molar refractivity (Wildman–Crippen MR) is 102 cm³/mol. The minimum absolute atomic E-state index is 0.00974. The van der Waals surface area contributed by atoms with Crippen molar-refractivity contribution in [1.29, 1.82) is 0 Å². The van der Waals surface area contributed by atoms with E-state index in [0.717, 1.165) is 17.8 Å². The predicted octanol–water partition coefficient (Wildman–Crippen LogP) is 4.35. The first-order chi connectivity index (χ1) is 11.7. The van der Waals surface area contributed by atoms with Gasteiger partial charge >= 0.3 is 0 Å². The Labute approximate surface area is 150 Å². The Balaban J connectivity index is 2.32. The lowest BCUT2D eigenvalue weighted by molar-refractivity contribution is 0.0934. The normalized spacial score (nSPS) is 12.6. The molecule has 0 aliphatic rings. The summed E-state index contributed by atoms with van der Waals surface area (Å²) >= 11 is 0. The highest BCUT2D eigenvalue weighted by atomic mass is 16.1. The van der Waals surface area contributed by atoms with Crippen LogP contribution in [0.2, 0.25) is 0 Å². The van der Waals surface area contributed by atoms with Crippen molar-refractivity contribution in [3.05, 3.63) is 47.3 Å². The van der Waals surface area contributed by atoms with Gasteiger partial charge in [0, 0.05) is 17.4 Å². The second kappa shape index (κ2) is 7.64. The molecule has 0 saturated heterocycles. The molecule has 1 atom stereocenters. The molecule has 2 N–H and O–H groups in total. The van der Waals surface area contributed by atoms with Crippen LogP contribution in [0.5, 0.6) is 0 Å². The number of nitrogens with zero attached hydrogens (tertiary/aromatic N) is 2. The van der Waals surface area contributed by atoms with Crippen molar-refractivity contribution < 1.29 is 4.79 Å². The summed E-state index contributed by atoms with van der Waals surface area (Å²) in [5, 5.41) is 6.22. The molecule has 0 aliphatic carbocycles. The molecule has 25 heavy (non-hydrogen) atoms. The summed E-state index contributed by atoms with van der Waals surface area (Å²) < 4.78 is 0. The number of benzene rings is 1. The summed E-state index contributed by atoms with van der Waals surface area (Å²) in [4.78, 5) is 21.2. The zero-order valence-corrected chi connectivity index (χ0v) is 16.0. The van der Waals surface area contributed by atoms with Crippen LogP contribution in [0.15, 0.2) is 30.3 Å². The average Bonchev–Trinajstić information content (AvgIpc) is 2.53. The van der Waals surface area contributed by atoms with Crippen molar-refractivity contribution in [3.63, 3.8) is 0 Å². The van der Waals surface area contributed by atoms with Gasteiger partial charge in [0.15, 0.2) is 0 Å². The number of para-hydroxylation sites is 1. The van der Waals surface area contributed by atoms with Crippen molar-refractivity contribution in [2.45, 2.75) is 59.4 Å². The van der Waals surface area contributed by atoms with Gasteiger partial charge in [-0.1, -0.05) is 45.9 Å². The number of aromatic nitrogens is 2. The number of carbonyl (C=O) groups excluding carboxylic acids is 1. The van der Waals surface area contributed by atoms with E-state index < -0.39 is 0 Å². The number of rotatable bonds is 5. The number of anilines is 2. The third kappa shape index (κ3) is 5.02. The van der Waals surface area contributed by atoms with Gasteiger partial charge in [-0.2, -0.15) is 0 Å². The molecule has 0 bridgehead atoms. The molecule has 0 saturated carbocycles. The fraction of sp³-hybridized carbons (Fsp3) is 0.450. The van der Waals surface area contributed by atoms with Crippen LogP contribution in [0, 0.1) is 6.92 Å². The molecular formula is C20H28N4O. The zero-order valence-electron chi connectivity index (χ0n) is 16.0. The van der Waals surface area contributed by atoms with Crippen LogP contribution < -0.4 is 10.6 Å². The van der Waals surface area contributed by atoms with Crippen LogP contribution in [0.3, 0.4) is 0 Å². The topological polar surface area (TPSA) is 66.9 Å². The molecule has 0 aliphatic heterocycles. The molecule has 2 rings (SSSR count). The molecule has 0 spiro atoms. The molecule has 134 valence electrons. The Morgan fingerprint density at radius 1 is 1.20 bits per heavy atom. The Morgan fingerprint density at radius 2 is 1.88 bits per heavy atom. The van der Waals surface area contributed by atoms with Crippen LogP contribution >= 0.6 is 0 Å². The standard InChI is InChI=1S/C20H28N4O/c1-7-13(2)21-18(25)17-12-14(3)22-19(24-17)23-16-11-9-8-10-15(16)20(4,5)6/h8-13H,7H2,1-6H3,(H,21,25)(H,22,23,24). The smallest absolute Gasteiger partial charge is 0.270 e. The van der Waals surface area contributed by atoms with E-state index in [1.165, 1.54) is 5.56 Å². The van der Waals surface area contributed by atoms with Crippen LogP contribution in [-0.2, 0) is 5.41 Å². The molecular weight excluding hydrogens is 312 g/mol. The maximum absolute atomic E-state index is 12.4. The fourth-order valence-electron chi connectivity index (χ4n) is 2.51. The summed E-state index contributed by atoms with van der Waals surface area (Å²) in [7, 11) is 0.